The van der Waals surface area contributed by atoms with Gasteiger partial charge in [0.05, 0.1) is 0 Å². The fourth-order valence-electron chi connectivity index (χ4n) is 1.85. The maximum absolute atomic E-state index is 9.34. The minimum absolute atomic E-state index is 0.336. The summed E-state index contributed by atoms with van der Waals surface area (Å²) in [5.74, 6) is 0.698. The maximum atomic E-state index is 9.34. The summed E-state index contributed by atoms with van der Waals surface area (Å²) < 4.78 is 0. The van der Waals surface area contributed by atoms with E-state index in [9.17, 15) is 5.11 Å². The van der Waals surface area contributed by atoms with Gasteiger partial charge in [0.1, 0.15) is 5.75 Å². The van der Waals surface area contributed by atoms with E-state index in [2.05, 4.69) is 6.92 Å². The molecule has 72 valence electrons. The molecular weight excluding hydrogens is 162 g/mol. The lowest BCUT2D eigenvalue weighted by molar-refractivity contribution is 0.474. The van der Waals surface area contributed by atoms with Crippen LogP contribution in [0.3, 0.4) is 0 Å². The van der Waals surface area contributed by atoms with Crippen molar-refractivity contribution in [2.24, 2.45) is 5.73 Å². The second kappa shape index (κ2) is 3.79. The van der Waals surface area contributed by atoms with E-state index in [1.165, 1.54) is 5.56 Å². The molecular formula is C11H17NO. The lowest BCUT2D eigenvalue weighted by Crippen LogP contribution is -2.11. The summed E-state index contributed by atoms with van der Waals surface area (Å²) in [5, 5.41) is 9.34. The average molecular weight is 179 g/mol. The van der Waals surface area contributed by atoms with E-state index < -0.39 is 0 Å². The van der Waals surface area contributed by atoms with Gasteiger partial charge in [0.2, 0.25) is 0 Å². The summed E-state index contributed by atoms with van der Waals surface area (Å²) in [7, 11) is 0. The zero-order chi connectivity index (χ0) is 10.0. The van der Waals surface area contributed by atoms with Crippen LogP contribution in [0.2, 0.25) is 0 Å². The minimum Gasteiger partial charge on any atom is -0.508 e. The van der Waals surface area contributed by atoms with E-state index in [0.717, 1.165) is 11.1 Å². The molecule has 1 rings (SSSR count). The number of hydrogen-bond acceptors (Lipinski definition) is 2. The molecule has 0 aromatic heterocycles. The van der Waals surface area contributed by atoms with Crippen molar-refractivity contribution in [1.82, 2.24) is 0 Å². The first-order chi connectivity index (χ1) is 6.06. The summed E-state index contributed by atoms with van der Waals surface area (Å²) in [6.45, 7) is 6.77. The van der Waals surface area contributed by atoms with Crippen LogP contribution in [-0.4, -0.2) is 11.7 Å². The predicted molar refractivity (Wildman–Crippen MR) is 55.1 cm³/mol. The van der Waals surface area contributed by atoms with Gasteiger partial charge in [-0.05, 0) is 55.1 Å². The van der Waals surface area contributed by atoms with Crippen molar-refractivity contribution in [3.05, 3.63) is 28.8 Å². The van der Waals surface area contributed by atoms with Crippen LogP contribution >= 0.6 is 0 Å². The molecule has 13 heavy (non-hydrogen) atoms. The first kappa shape index (κ1) is 10.1. The van der Waals surface area contributed by atoms with Crippen molar-refractivity contribution in [3.63, 3.8) is 0 Å². The molecule has 0 saturated carbocycles. The Bertz CT molecular complexity index is 284. The normalized spacial score (nSPS) is 12.9. The Balaban J connectivity index is 3.20. The highest BCUT2D eigenvalue weighted by Crippen LogP contribution is 2.26. The number of hydrogen-bond donors (Lipinski definition) is 2. The predicted octanol–water partition coefficient (Wildman–Crippen LogP) is 2.07. The summed E-state index contributed by atoms with van der Waals surface area (Å²) in [6, 6.07) is 3.57. The number of aryl methyl sites for hydroxylation is 2. The fourth-order valence-corrected chi connectivity index (χ4v) is 1.85. The van der Waals surface area contributed by atoms with Crippen LogP contribution < -0.4 is 5.73 Å². The highest BCUT2D eigenvalue weighted by atomic mass is 16.3. The summed E-state index contributed by atoms with van der Waals surface area (Å²) in [4.78, 5) is 0. The van der Waals surface area contributed by atoms with Crippen LogP contribution in [0.1, 0.15) is 29.5 Å². The first-order valence-corrected chi connectivity index (χ1v) is 4.56. The molecule has 0 spiro atoms. The Hall–Kier alpha value is -1.02. The zero-order valence-electron chi connectivity index (χ0n) is 8.46. The second-order valence-corrected chi connectivity index (χ2v) is 3.63. The van der Waals surface area contributed by atoms with E-state index >= 15 is 0 Å². The number of aromatic hydroxyl groups is 1. The van der Waals surface area contributed by atoms with Gasteiger partial charge < -0.3 is 10.8 Å². The van der Waals surface area contributed by atoms with Gasteiger partial charge in [-0.1, -0.05) is 6.92 Å². The van der Waals surface area contributed by atoms with E-state index in [0.29, 0.717) is 18.2 Å². The summed E-state index contributed by atoms with van der Waals surface area (Å²) in [5.41, 5.74) is 9.12. The Morgan fingerprint density at radius 1 is 1.31 bits per heavy atom. The van der Waals surface area contributed by atoms with E-state index in [-0.39, 0.29) is 0 Å². The maximum Gasteiger partial charge on any atom is 0.116 e. The molecule has 0 bridgehead atoms. The van der Waals surface area contributed by atoms with Crippen molar-refractivity contribution >= 4 is 0 Å². The lowest BCUT2D eigenvalue weighted by Gasteiger charge is -2.15. The lowest BCUT2D eigenvalue weighted by atomic mass is 9.92. The van der Waals surface area contributed by atoms with Crippen molar-refractivity contribution < 1.29 is 5.11 Å². The molecule has 0 amide bonds. The third kappa shape index (κ3) is 2.01. The zero-order valence-corrected chi connectivity index (χ0v) is 8.46. The van der Waals surface area contributed by atoms with Gasteiger partial charge in [0.25, 0.3) is 0 Å². The largest absolute Gasteiger partial charge is 0.508 e. The summed E-state index contributed by atoms with van der Waals surface area (Å²) >= 11 is 0. The highest BCUT2D eigenvalue weighted by Gasteiger charge is 2.10. The van der Waals surface area contributed by atoms with Gasteiger partial charge in [0.15, 0.2) is 0 Å². The van der Waals surface area contributed by atoms with Gasteiger partial charge in [0, 0.05) is 0 Å². The van der Waals surface area contributed by atoms with Gasteiger partial charge in [-0.3, -0.25) is 0 Å². The first-order valence-electron chi connectivity index (χ1n) is 4.56. The van der Waals surface area contributed by atoms with E-state index in [4.69, 9.17) is 5.73 Å². The van der Waals surface area contributed by atoms with Crippen LogP contribution in [0.5, 0.6) is 5.75 Å². The molecule has 0 fully saturated rings. The van der Waals surface area contributed by atoms with Crippen LogP contribution in [0.4, 0.5) is 0 Å². The Kier molecular flexibility index (Phi) is 2.94. The quantitative estimate of drug-likeness (QED) is 0.730. The smallest absolute Gasteiger partial charge is 0.116 e. The SMILES string of the molecule is Cc1cc(O)cc(C)c1C(C)CN. The monoisotopic (exact) mass is 179 g/mol. The van der Waals surface area contributed by atoms with Crippen LogP contribution in [-0.2, 0) is 0 Å². The molecule has 2 nitrogen and oxygen atoms in total. The molecule has 2 heteroatoms. The summed E-state index contributed by atoms with van der Waals surface area (Å²) in [6.07, 6.45) is 0. The van der Waals surface area contributed by atoms with Gasteiger partial charge in [-0.15, -0.1) is 0 Å². The standard InChI is InChI=1S/C11H17NO/c1-7-4-10(13)5-8(2)11(7)9(3)6-12/h4-5,9,13H,6,12H2,1-3H3. The van der Waals surface area contributed by atoms with Crippen molar-refractivity contribution in [2.45, 2.75) is 26.7 Å². The number of benzene rings is 1. The van der Waals surface area contributed by atoms with E-state index in [1.807, 2.05) is 13.8 Å². The molecule has 0 aliphatic rings. The average Bonchev–Trinajstić information content (AvgIpc) is 2.02. The molecule has 1 atom stereocenters. The molecule has 0 radical (unpaired) electrons. The molecule has 0 heterocycles. The molecule has 3 N–H and O–H groups in total. The third-order valence-corrected chi connectivity index (χ3v) is 2.42. The van der Waals surface area contributed by atoms with Crippen molar-refractivity contribution in [3.8, 4) is 5.75 Å². The van der Waals surface area contributed by atoms with Gasteiger partial charge in [-0.25, -0.2) is 0 Å². The second-order valence-electron chi connectivity index (χ2n) is 3.63. The topological polar surface area (TPSA) is 46.2 Å². The third-order valence-electron chi connectivity index (χ3n) is 2.42. The van der Waals surface area contributed by atoms with Crippen LogP contribution in [0.25, 0.3) is 0 Å². The van der Waals surface area contributed by atoms with Gasteiger partial charge >= 0.3 is 0 Å². The molecule has 0 aliphatic heterocycles. The molecule has 1 aromatic carbocycles. The molecule has 0 aliphatic carbocycles. The van der Waals surface area contributed by atoms with E-state index in [1.54, 1.807) is 12.1 Å². The number of rotatable bonds is 2. The van der Waals surface area contributed by atoms with Crippen molar-refractivity contribution in [2.75, 3.05) is 6.54 Å². The Labute approximate surface area is 79.4 Å². The van der Waals surface area contributed by atoms with Crippen LogP contribution in [0, 0.1) is 13.8 Å². The van der Waals surface area contributed by atoms with Crippen LogP contribution in [0.15, 0.2) is 12.1 Å². The molecule has 1 unspecified atom stereocenters. The highest BCUT2D eigenvalue weighted by molar-refractivity contribution is 5.42. The molecule has 1 aromatic rings. The Morgan fingerprint density at radius 3 is 2.15 bits per heavy atom. The fraction of sp³-hybridized carbons (Fsp3) is 0.455. The number of phenols is 1. The van der Waals surface area contributed by atoms with Gasteiger partial charge in [-0.2, -0.15) is 0 Å². The molecule has 0 saturated heterocycles. The number of nitrogens with two attached hydrogens (primary N) is 1. The van der Waals surface area contributed by atoms with Crippen molar-refractivity contribution in [1.29, 1.82) is 0 Å². The number of phenolic OH excluding ortho intramolecular Hbond substituents is 1. The Morgan fingerprint density at radius 2 is 1.77 bits per heavy atom. The minimum atomic E-state index is 0.336.